The van der Waals surface area contributed by atoms with Crippen LogP contribution >= 0.6 is 11.8 Å². The van der Waals surface area contributed by atoms with E-state index in [9.17, 15) is 4.79 Å². The third-order valence-corrected chi connectivity index (χ3v) is 6.91. The largest absolute Gasteiger partial charge is 0.454 e. The SMILES string of the molecule is CSCc1nc2ccccc2n1CC(=O)NCC1(c2ccc3c(c2)OCO3)CCOCC1. The maximum atomic E-state index is 13.1. The third kappa shape index (κ3) is 4.04. The van der Waals surface area contributed by atoms with Crippen molar-refractivity contribution in [1.82, 2.24) is 14.9 Å². The second-order valence-corrected chi connectivity index (χ2v) is 9.14. The van der Waals surface area contributed by atoms with Crippen molar-refractivity contribution in [3.63, 3.8) is 0 Å². The molecule has 0 spiro atoms. The first-order valence-corrected chi connectivity index (χ1v) is 12.3. The summed E-state index contributed by atoms with van der Waals surface area (Å²) >= 11 is 1.70. The molecule has 0 radical (unpaired) electrons. The molecule has 32 heavy (non-hydrogen) atoms. The zero-order valence-corrected chi connectivity index (χ0v) is 19.0. The average molecular weight is 454 g/mol. The highest BCUT2D eigenvalue weighted by atomic mass is 32.2. The molecule has 5 rings (SSSR count). The molecule has 8 heteroatoms. The van der Waals surface area contributed by atoms with E-state index in [-0.39, 0.29) is 24.7 Å². The van der Waals surface area contributed by atoms with Crippen molar-refractivity contribution >= 4 is 28.7 Å². The first-order valence-electron chi connectivity index (χ1n) is 10.9. The fraction of sp³-hybridized carbons (Fsp3) is 0.417. The number of rotatable bonds is 7. The number of para-hydroxylation sites is 2. The molecule has 0 saturated carbocycles. The Morgan fingerprint density at radius 1 is 1.16 bits per heavy atom. The second-order valence-electron chi connectivity index (χ2n) is 8.27. The van der Waals surface area contributed by atoms with Crippen LogP contribution in [0.2, 0.25) is 0 Å². The van der Waals surface area contributed by atoms with Crippen LogP contribution in [0.5, 0.6) is 11.5 Å². The monoisotopic (exact) mass is 453 g/mol. The first-order chi connectivity index (χ1) is 15.7. The van der Waals surface area contributed by atoms with Crippen LogP contribution in [-0.4, -0.2) is 48.3 Å². The normalized spacial score (nSPS) is 16.9. The van der Waals surface area contributed by atoms with Gasteiger partial charge in [-0.15, -0.1) is 0 Å². The van der Waals surface area contributed by atoms with Gasteiger partial charge >= 0.3 is 0 Å². The van der Waals surface area contributed by atoms with Crippen LogP contribution in [0.25, 0.3) is 11.0 Å². The van der Waals surface area contributed by atoms with Gasteiger partial charge in [0.05, 0.1) is 16.8 Å². The molecular formula is C24H27N3O4S. The van der Waals surface area contributed by atoms with Crippen molar-refractivity contribution in [1.29, 1.82) is 0 Å². The van der Waals surface area contributed by atoms with E-state index in [1.54, 1.807) is 11.8 Å². The summed E-state index contributed by atoms with van der Waals surface area (Å²) in [6.07, 6.45) is 3.74. The predicted octanol–water partition coefficient (Wildman–Crippen LogP) is 3.49. The average Bonchev–Trinajstić information content (AvgIpc) is 3.43. The third-order valence-electron chi connectivity index (χ3n) is 6.37. The molecule has 0 bridgehead atoms. The van der Waals surface area contributed by atoms with Gasteiger partial charge in [-0.05, 0) is 48.9 Å². The molecule has 1 fully saturated rings. The highest BCUT2D eigenvalue weighted by molar-refractivity contribution is 7.97. The molecule has 3 aromatic rings. The summed E-state index contributed by atoms with van der Waals surface area (Å²) in [5.74, 6) is 3.22. The molecule has 1 amide bonds. The standard InChI is InChI=1S/C24H27N3O4S/c1-32-14-22-26-18-4-2-3-5-19(18)27(22)13-23(28)25-15-24(8-10-29-11-9-24)17-6-7-20-21(12-17)31-16-30-20/h2-7,12H,8-11,13-16H2,1H3,(H,25,28). The zero-order valence-electron chi connectivity index (χ0n) is 18.1. The van der Waals surface area contributed by atoms with Gasteiger partial charge in [-0.3, -0.25) is 4.79 Å². The summed E-state index contributed by atoms with van der Waals surface area (Å²) in [7, 11) is 0. The van der Waals surface area contributed by atoms with Crippen molar-refractivity contribution in [3.05, 3.63) is 53.9 Å². The number of ether oxygens (including phenoxy) is 3. The highest BCUT2D eigenvalue weighted by Gasteiger charge is 2.36. The number of benzene rings is 2. The van der Waals surface area contributed by atoms with Crippen molar-refractivity contribution in [2.45, 2.75) is 30.6 Å². The Kier molecular flexibility index (Phi) is 5.97. The fourth-order valence-electron chi connectivity index (χ4n) is 4.56. The molecule has 168 valence electrons. The van der Waals surface area contributed by atoms with Gasteiger partial charge < -0.3 is 24.1 Å². The Balaban J connectivity index is 1.35. The van der Waals surface area contributed by atoms with Gasteiger partial charge in [-0.2, -0.15) is 11.8 Å². The van der Waals surface area contributed by atoms with E-state index in [2.05, 4.69) is 17.4 Å². The van der Waals surface area contributed by atoms with Crippen LogP contribution in [0, 0.1) is 0 Å². The van der Waals surface area contributed by atoms with E-state index in [4.69, 9.17) is 19.2 Å². The summed E-state index contributed by atoms with van der Waals surface area (Å²) in [5.41, 5.74) is 2.88. The lowest BCUT2D eigenvalue weighted by Crippen LogP contribution is -2.45. The van der Waals surface area contributed by atoms with Crippen LogP contribution < -0.4 is 14.8 Å². The lowest BCUT2D eigenvalue weighted by Gasteiger charge is -2.38. The molecule has 1 aromatic heterocycles. The molecule has 0 atom stereocenters. The van der Waals surface area contributed by atoms with Gasteiger partial charge in [0.2, 0.25) is 12.7 Å². The number of amides is 1. The summed E-state index contributed by atoms with van der Waals surface area (Å²) in [4.78, 5) is 17.8. The number of carbonyl (C=O) groups is 1. The molecule has 0 aliphatic carbocycles. The Morgan fingerprint density at radius 2 is 1.97 bits per heavy atom. The topological polar surface area (TPSA) is 74.6 Å². The van der Waals surface area contributed by atoms with E-state index >= 15 is 0 Å². The van der Waals surface area contributed by atoms with E-state index in [0.717, 1.165) is 52.5 Å². The Labute approximate surface area is 191 Å². The van der Waals surface area contributed by atoms with Crippen molar-refractivity contribution in [2.24, 2.45) is 0 Å². The second kappa shape index (κ2) is 9.03. The Bertz CT molecular complexity index is 1120. The van der Waals surface area contributed by atoms with Crippen LogP contribution in [-0.2, 0) is 27.2 Å². The maximum Gasteiger partial charge on any atom is 0.240 e. The number of hydrogen-bond donors (Lipinski definition) is 1. The molecule has 2 aromatic carbocycles. The van der Waals surface area contributed by atoms with Gasteiger partial charge in [0.1, 0.15) is 12.4 Å². The lowest BCUT2D eigenvalue weighted by molar-refractivity contribution is -0.122. The van der Waals surface area contributed by atoms with Gasteiger partial charge in [-0.25, -0.2) is 4.98 Å². The predicted molar refractivity (Wildman–Crippen MR) is 124 cm³/mol. The summed E-state index contributed by atoms with van der Waals surface area (Å²) < 4.78 is 18.7. The number of imidazole rings is 1. The van der Waals surface area contributed by atoms with Crippen LogP contribution in [0.1, 0.15) is 24.2 Å². The lowest BCUT2D eigenvalue weighted by atomic mass is 9.74. The molecule has 2 aliphatic heterocycles. The number of hydrogen-bond acceptors (Lipinski definition) is 6. The number of carbonyl (C=O) groups excluding carboxylic acids is 1. The number of nitrogens with zero attached hydrogens (tertiary/aromatic N) is 2. The number of fused-ring (bicyclic) bond motifs is 2. The van der Waals surface area contributed by atoms with Crippen LogP contribution in [0.3, 0.4) is 0 Å². The zero-order chi connectivity index (χ0) is 22.0. The molecule has 2 aliphatic rings. The maximum absolute atomic E-state index is 13.1. The molecule has 3 heterocycles. The Hall–Kier alpha value is -2.71. The van der Waals surface area contributed by atoms with E-state index in [1.807, 2.05) is 41.2 Å². The minimum atomic E-state index is -0.187. The smallest absolute Gasteiger partial charge is 0.240 e. The van der Waals surface area contributed by atoms with Gasteiger partial charge in [0, 0.05) is 25.2 Å². The van der Waals surface area contributed by atoms with Gasteiger partial charge in [-0.1, -0.05) is 18.2 Å². The summed E-state index contributed by atoms with van der Waals surface area (Å²) in [6.45, 7) is 2.41. The molecule has 7 nitrogen and oxygen atoms in total. The van der Waals surface area contributed by atoms with E-state index in [0.29, 0.717) is 19.8 Å². The molecule has 1 saturated heterocycles. The number of thioether (sulfide) groups is 1. The minimum Gasteiger partial charge on any atom is -0.454 e. The number of aromatic nitrogens is 2. The molecule has 1 N–H and O–H groups in total. The quantitative estimate of drug-likeness (QED) is 0.590. The van der Waals surface area contributed by atoms with Gasteiger partial charge in [0.25, 0.3) is 0 Å². The van der Waals surface area contributed by atoms with E-state index < -0.39 is 0 Å². The van der Waals surface area contributed by atoms with Crippen molar-refractivity contribution in [2.75, 3.05) is 32.8 Å². The Morgan fingerprint density at radius 3 is 2.81 bits per heavy atom. The van der Waals surface area contributed by atoms with Crippen molar-refractivity contribution in [3.8, 4) is 11.5 Å². The minimum absolute atomic E-state index is 0.0119. The van der Waals surface area contributed by atoms with Gasteiger partial charge in [0.15, 0.2) is 11.5 Å². The summed E-state index contributed by atoms with van der Waals surface area (Å²) in [5, 5.41) is 3.21. The van der Waals surface area contributed by atoms with Crippen molar-refractivity contribution < 1.29 is 19.0 Å². The van der Waals surface area contributed by atoms with Crippen LogP contribution in [0.4, 0.5) is 0 Å². The first kappa shape index (κ1) is 21.2. The summed E-state index contributed by atoms with van der Waals surface area (Å²) in [6, 6.07) is 14.1. The van der Waals surface area contributed by atoms with Crippen LogP contribution in [0.15, 0.2) is 42.5 Å². The van der Waals surface area contributed by atoms with E-state index in [1.165, 1.54) is 0 Å². The fourth-order valence-corrected chi connectivity index (χ4v) is 5.04. The number of nitrogens with one attached hydrogen (secondary N) is 1. The highest BCUT2D eigenvalue weighted by Crippen LogP contribution is 2.40. The molecule has 0 unspecified atom stereocenters. The molecular weight excluding hydrogens is 426 g/mol.